The first-order valence-electron chi connectivity index (χ1n) is 3.05. The van der Waals surface area contributed by atoms with Crippen LogP contribution in [0.3, 0.4) is 0 Å². The Labute approximate surface area is 68.3 Å². The Kier molecular flexibility index (Phi) is 4.27. The highest BCUT2D eigenvalue weighted by atomic mass is 79.9. The number of likely N-dealkylation sites (N-methyl/N-ethyl adjacent to an activating group) is 1. The number of alkyl halides is 1. The van der Waals surface area contributed by atoms with E-state index < -0.39 is 11.7 Å². The summed E-state index contributed by atoms with van der Waals surface area (Å²) in [5, 5.41) is 2.41. The summed E-state index contributed by atoms with van der Waals surface area (Å²) in [4.78, 5) is 21.1. The number of nitrogens with one attached hydrogen (secondary N) is 1. The predicted octanol–water partition coefficient (Wildman–Crippen LogP) is 0.475. The van der Waals surface area contributed by atoms with E-state index in [1.54, 1.807) is 13.8 Å². The van der Waals surface area contributed by atoms with Crippen molar-refractivity contribution in [3.63, 3.8) is 0 Å². The summed E-state index contributed by atoms with van der Waals surface area (Å²) in [5.74, 6) is -0.950. The third-order valence-corrected chi connectivity index (χ3v) is 1.34. The fourth-order valence-corrected chi connectivity index (χ4v) is 0.636. The molecule has 0 saturated carbocycles. The monoisotopic (exact) mass is 207 g/mol. The lowest BCUT2D eigenvalue weighted by molar-refractivity contribution is -0.137. The largest absolute Gasteiger partial charge is 0.350 e. The van der Waals surface area contributed by atoms with E-state index in [1.165, 1.54) is 0 Å². The molecule has 0 fully saturated rings. The maximum Gasteiger partial charge on any atom is 0.288 e. The molecule has 1 atom stereocenters. The van der Waals surface area contributed by atoms with E-state index in [2.05, 4.69) is 21.2 Å². The molecule has 0 aromatic rings. The quantitative estimate of drug-likeness (QED) is 0.541. The summed E-state index contributed by atoms with van der Waals surface area (Å²) in [5.41, 5.74) is 0. The van der Waals surface area contributed by atoms with Crippen LogP contribution in [0, 0.1) is 0 Å². The van der Waals surface area contributed by atoms with Gasteiger partial charge in [0.05, 0.1) is 4.83 Å². The third-order valence-electron chi connectivity index (χ3n) is 0.922. The van der Waals surface area contributed by atoms with Crippen LogP contribution in [0.25, 0.3) is 0 Å². The molecule has 0 aliphatic heterocycles. The van der Waals surface area contributed by atoms with Gasteiger partial charge in [0.25, 0.3) is 5.91 Å². The van der Waals surface area contributed by atoms with Crippen molar-refractivity contribution in [2.45, 2.75) is 18.7 Å². The molecule has 0 aromatic carbocycles. The standard InChI is InChI=1S/C6H10BrNO2/c1-3-8-6(10)5(9)4(2)7/h4H,3H2,1-2H3,(H,8,10)/t4-/m0/s1. The molecule has 4 heteroatoms. The summed E-state index contributed by atoms with van der Waals surface area (Å²) in [6, 6.07) is 0. The first-order chi connectivity index (χ1) is 4.59. The van der Waals surface area contributed by atoms with E-state index in [0.717, 1.165) is 0 Å². The number of carbonyl (C=O) groups excluding carboxylic acids is 2. The van der Waals surface area contributed by atoms with Gasteiger partial charge in [-0.1, -0.05) is 15.9 Å². The highest BCUT2D eigenvalue weighted by Crippen LogP contribution is 1.97. The van der Waals surface area contributed by atoms with E-state index in [1.807, 2.05) is 0 Å². The Hall–Kier alpha value is -0.380. The number of amides is 1. The predicted molar refractivity (Wildman–Crippen MR) is 42.1 cm³/mol. The smallest absolute Gasteiger partial charge is 0.288 e. The Balaban J connectivity index is 3.83. The number of hydrogen-bond donors (Lipinski definition) is 1. The zero-order valence-corrected chi connectivity index (χ0v) is 7.56. The van der Waals surface area contributed by atoms with Gasteiger partial charge in [0.1, 0.15) is 0 Å². The molecule has 10 heavy (non-hydrogen) atoms. The van der Waals surface area contributed by atoms with Crippen molar-refractivity contribution in [2.75, 3.05) is 6.54 Å². The molecular weight excluding hydrogens is 198 g/mol. The van der Waals surface area contributed by atoms with Gasteiger partial charge < -0.3 is 5.32 Å². The van der Waals surface area contributed by atoms with Crippen molar-refractivity contribution in [1.29, 1.82) is 0 Å². The van der Waals surface area contributed by atoms with Crippen LogP contribution in [0.5, 0.6) is 0 Å². The van der Waals surface area contributed by atoms with Gasteiger partial charge >= 0.3 is 0 Å². The maximum absolute atomic E-state index is 10.8. The van der Waals surface area contributed by atoms with Gasteiger partial charge in [0.15, 0.2) is 0 Å². The van der Waals surface area contributed by atoms with Gasteiger partial charge in [-0.15, -0.1) is 0 Å². The Morgan fingerprint density at radius 3 is 2.40 bits per heavy atom. The molecule has 0 heterocycles. The number of Topliss-reactive ketones (excluding diaryl/α,β-unsaturated/α-hetero) is 1. The second-order valence-corrected chi connectivity index (χ2v) is 3.21. The van der Waals surface area contributed by atoms with Gasteiger partial charge in [-0.05, 0) is 13.8 Å². The lowest BCUT2D eigenvalue weighted by Gasteiger charge is -2.00. The van der Waals surface area contributed by atoms with E-state index >= 15 is 0 Å². The van der Waals surface area contributed by atoms with Crippen LogP contribution < -0.4 is 5.32 Å². The molecule has 0 aromatic heterocycles. The number of rotatable bonds is 3. The van der Waals surface area contributed by atoms with Crippen LogP contribution in [-0.4, -0.2) is 23.1 Å². The van der Waals surface area contributed by atoms with Crippen LogP contribution in [0.2, 0.25) is 0 Å². The molecule has 3 nitrogen and oxygen atoms in total. The molecule has 1 N–H and O–H groups in total. The number of carbonyl (C=O) groups is 2. The minimum atomic E-state index is -0.521. The minimum Gasteiger partial charge on any atom is -0.350 e. The van der Waals surface area contributed by atoms with Crippen molar-refractivity contribution in [3.05, 3.63) is 0 Å². The van der Waals surface area contributed by atoms with Crippen LogP contribution in [0.15, 0.2) is 0 Å². The molecule has 0 saturated heterocycles. The second-order valence-electron chi connectivity index (χ2n) is 1.84. The van der Waals surface area contributed by atoms with Crippen LogP contribution in [-0.2, 0) is 9.59 Å². The summed E-state index contributed by atoms with van der Waals surface area (Å²) in [6.07, 6.45) is 0. The molecule has 0 rings (SSSR count). The van der Waals surface area contributed by atoms with Crippen molar-refractivity contribution < 1.29 is 9.59 Å². The van der Waals surface area contributed by atoms with Crippen molar-refractivity contribution >= 4 is 27.6 Å². The number of ketones is 1. The van der Waals surface area contributed by atoms with Crippen molar-refractivity contribution in [2.24, 2.45) is 0 Å². The fraction of sp³-hybridized carbons (Fsp3) is 0.667. The Morgan fingerprint density at radius 2 is 2.10 bits per heavy atom. The first-order valence-corrected chi connectivity index (χ1v) is 3.97. The van der Waals surface area contributed by atoms with Crippen LogP contribution in [0.4, 0.5) is 0 Å². The molecule has 0 radical (unpaired) electrons. The van der Waals surface area contributed by atoms with Crippen molar-refractivity contribution in [1.82, 2.24) is 5.32 Å². The van der Waals surface area contributed by atoms with E-state index in [4.69, 9.17) is 0 Å². The Bertz CT molecular complexity index is 145. The molecule has 0 aliphatic carbocycles. The van der Waals surface area contributed by atoms with Gasteiger partial charge in [-0.25, -0.2) is 0 Å². The normalized spacial score (nSPS) is 12.3. The average Bonchev–Trinajstić information content (AvgIpc) is 1.87. The van der Waals surface area contributed by atoms with Crippen molar-refractivity contribution in [3.8, 4) is 0 Å². The van der Waals surface area contributed by atoms with Gasteiger partial charge in [0, 0.05) is 6.54 Å². The highest BCUT2D eigenvalue weighted by Gasteiger charge is 2.16. The zero-order chi connectivity index (χ0) is 8.15. The zero-order valence-electron chi connectivity index (χ0n) is 5.98. The summed E-state index contributed by atoms with van der Waals surface area (Å²) < 4.78 is 0. The third kappa shape index (κ3) is 2.96. The van der Waals surface area contributed by atoms with E-state index in [0.29, 0.717) is 6.54 Å². The second kappa shape index (κ2) is 4.44. The van der Waals surface area contributed by atoms with Gasteiger partial charge in [-0.2, -0.15) is 0 Å². The molecule has 0 unspecified atom stereocenters. The Morgan fingerprint density at radius 1 is 1.60 bits per heavy atom. The summed E-state index contributed by atoms with van der Waals surface area (Å²) in [7, 11) is 0. The van der Waals surface area contributed by atoms with E-state index in [9.17, 15) is 9.59 Å². The van der Waals surface area contributed by atoms with Crippen LogP contribution >= 0.6 is 15.9 Å². The molecule has 0 spiro atoms. The lowest BCUT2D eigenvalue weighted by atomic mass is 10.3. The molecule has 0 aliphatic rings. The molecule has 0 bridgehead atoms. The highest BCUT2D eigenvalue weighted by molar-refractivity contribution is 9.10. The summed E-state index contributed by atoms with van der Waals surface area (Å²) >= 11 is 3.00. The molecule has 58 valence electrons. The maximum atomic E-state index is 10.8. The molecular formula is C6H10BrNO2. The van der Waals surface area contributed by atoms with Gasteiger partial charge in [-0.3, -0.25) is 9.59 Å². The van der Waals surface area contributed by atoms with Crippen LogP contribution in [0.1, 0.15) is 13.8 Å². The lowest BCUT2D eigenvalue weighted by Crippen LogP contribution is -2.34. The SMILES string of the molecule is CCNC(=O)C(=O)[C@H](C)Br. The fourth-order valence-electron chi connectivity index (χ4n) is 0.428. The van der Waals surface area contributed by atoms with Gasteiger partial charge in [0.2, 0.25) is 5.78 Å². The van der Waals surface area contributed by atoms with E-state index in [-0.39, 0.29) is 4.83 Å². The molecule has 1 amide bonds. The first kappa shape index (κ1) is 9.62. The number of hydrogen-bond acceptors (Lipinski definition) is 2. The minimum absolute atomic E-state index is 0.390. The number of halogens is 1. The average molecular weight is 208 g/mol. The summed E-state index contributed by atoms with van der Waals surface area (Å²) in [6.45, 7) is 3.88. The topological polar surface area (TPSA) is 46.2 Å².